The van der Waals surface area contributed by atoms with Crippen molar-refractivity contribution in [1.29, 1.82) is 0 Å². The van der Waals surface area contributed by atoms with E-state index in [1.54, 1.807) is 0 Å². The van der Waals surface area contributed by atoms with Crippen LogP contribution in [0.1, 0.15) is 47.7 Å². The second-order valence-corrected chi connectivity index (χ2v) is 5.02. The zero-order valence-corrected chi connectivity index (χ0v) is 11.6. The maximum absolute atomic E-state index is 12.2. The number of carbonyl (C=O) groups excluding carboxylic acids is 1. The third kappa shape index (κ3) is 3.54. The third-order valence-electron chi connectivity index (χ3n) is 3.62. The molecule has 1 heteroatoms. The van der Waals surface area contributed by atoms with Gasteiger partial charge in [0.15, 0.2) is 5.78 Å². The molecule has 2 rings (SSSR count). The Bertz CT molecular complexity index is 525. The van der Waals surface area contributed by atoms with Crippen molar-refractivity contribution >= 4 is 5.78 Å². The predicted molar refractivity (Wildman–Crippen MR) is 79.6 cm³/mol. The zero-order chi connectivity index (χ0) is 13.7. The summed E-state index contributed by atoms with van der Waals surface area (Å²) in [5, 5.41) is 0. The molecule has 1 nitrogen and oxygen atoms in total. The molecule has 0 N–H and O–H groups in total. The number of carbonyl (C=O) groups is 1. The summed E-state index contributed by atoms with van der Waals surface area (Å²) in [5.74, 6) is 0.736. The molecule has 19 heavy (non-hydrogen) atoms. The van der Waals surface area contributed by atoms with Crippen molar-refractivity contribution in [3.63, 3.8) is 0 Å². The van der Waals surface area contributed by atoms with Crippen molar-refractivity contribution in [2.45, 2.75) is 32.6 Å². The highest BCUT2D eigenvalue weighted by Crippen LogP contribution is 2.19. The van der Waals surface area contributed by atoms with Gasteiger partial charge in [-0.3, -0.25) is 4.79 Å². The van der Waals surface area contributed by atoms with Gasteiger partial charge < -0.3 is 0 Å². The molecule has 1 atom stereocenters. The van der Waals surface area contributed by atoms with Crippen LogP contribution in [0, 0.1) is 0 Å². The Hall–Kier alpha value is -1.89. The lowest BCUT2D eigenvalue weighted by atomic mass is 9.96. The van der Waals surface area contributed by atoms with Crippen LogP contribution in [0.4, 0.5) is 0 Å². The predicted octanol–water partition coefficient (Wildman–Crippen LogP) is 4.63. The number of Topliss-reactive ketones (excluding diaryl/α,β-unsaturated/α-hetero) is 1. The van der Waals surface area contributed by atoms with E-state index in [9.17, 15) is 4.79 Å². The first-order valence-corrected chi connectivity index (χ1v) is 6.87. The van der Waals surface area contributed by atoms with E-state index < -0.39 is 0 Å². The van der Waals surface area contributed by atoms with E-state index in [2.05, 4.69) is 26.0 Å². The standard InChI is InChI=1S/C18H20O/c1-3-14(2)16-9-11-17(12-10-16)18(19)13-15-7-5-4-6-8-15/h4-12,14H,3,13H2,1-2H3. The van der Waals surface area contributed by atoms with E-state index in [1.807, 2.05) is 42.5 Å². The van der Waals surface area contributed by atoms with Gasteiger partial charge in [0, 0.05) is 12.0 Å². The third-order valence-corrected chi connectivity index (χ3v) is 3.62. The monoisotopic (exact) mass is 252 g/mol. The number of rotatable bonds is 5. The largest absolute Gasteiger partial charge is 0.294 e. The van der Waals surface area contributed by atoms with Crippen molar-refractivity contribution in [3.8, 4) is 0 Å². The summed E-state index contributed by atoms with van der Waals surface area (Å²) in [6, 6.07) is 17.9. The van der Waals surface area contributed by atoms with Gasteiger partial charge in [-0.1, -0.05) is 68.4 Å². The highest BCUT2D eigenvalue weighted by atomic mass is 16.1. The molecule has 98 valence electrons. The normalized spacial score (nSPS) is 12.1. The Morgan fingerprint density at radius 1 is 1.00 bits per heavy atom. The minimum atomic E-state index is 0.182. The first kappa shape index (κ1) is 13.5. The fourth-order valence-electron chi connectivity index (χ4n) is 2.12. The SMILES string of the molecule is CCC(C)c1ccc(C(=O)Cc2ccccc2)cc1. The van der Waals surface area contributed by atoms with Gasteiger partial charge >= 0.3 is 0 Å². The lowest BCUT2D eigenvalue weighted by Gasteiger charge is -2.09. The number of benzene rings is 2. The minimum Gasteiger partial charge on any atom is -0.294 e. The van der Waals surface area contributed by atoms with E-state index in [4.69, 9.17) is 0 Å². The van der Waals surface area contributed by atoms with Crippen LogP contribution in [0.15, 0.2) is 54.6 Å². The molecule has 0 saturated carbocycles. The Balaban J connectivity index is 2.08. The lowest BCUT2D eigenvalue weighted by molar-refractivity contribution is 0.0993. The Kier molecular flexibility index (Phi) is 4.51. The molecule has 0 amide bonds. The van der Waals surface area contributed by atoms with E-state index in [1.165, 1.54) is 5.56 Å². The Morgan fingerprint density at radius 3 is 2.21 bits per heavy atom. The van der Waals surface area contributed by atoms with Gasteiger partial charge in [-0.25, -0.2) is 0 Å². The molecule has 2 aromatic rings. The number of ketones is 1. The van der Waals surface area contributed by atoms with Crippen molar-refractivity contribution in [2.24, 2.45) is 0 Å². The molecule has 0 radical (unpaired) electrons. The number of hydrogen-bond acceptors (Lipinski definition) is 1. The molecule has 0 saturated heterocycles. The first-order chi connectivity index (χ1) is 9.20. The zero-order valence-electron chi connectivity index (χ0n) is 11.6. The average Bonchev–Trinajstić information content (AvgIpc) is 2.47. The molecular weight excluding hydrogens is 232 g/mol. The topological polar surface area (TPSA) is 17.1 Å². The molecule has 0 aliphatic rings. The van der Waals surface area contributed by atoms with Crippen LogP contribution in [0.3, 0.4) is 0 Å². The summed E-state index contributed by atoms with van der Waals surface area (Å²) in [7, 11) is 0. The van der Waals surface area contributed by atoms with Crippen molar-refractivity contribution in [3.05, 3.63) is 71.3 Å². The molecule has 0 fully saturated rings. The molecule has 0 aromatic heterocycles. The van der Waals surface area contributed by atoms with Gasteiger partial charge in [0.1, 0.15) is 0 Å². The maximum atomic E-state index is 12.2. The Morgan fingerprint density at radius 2 is 1.63 bits per heavy atom. The quantitative estimate of drug-likeness (QED) is 0.709. The summed E-state index contributed by atoms with van der Waals surface area (Å²) >= 11 is 0. The van der Waals surface area contributed by atoms with Crippen molar-refractivity contribution in [1.82, 2.24) is 0 Å². The summed E-state index contributed by atoms with van der Waals surface area (Å²) in [6.07, 6.45) is 1.60. The smallest absolute Gasteiger partial charge is 0.167 e. The van der Waals surface area contributed by atoms with Crippen LogP contribution in [-0.4, -0.2) is 5.78 Å². The van der Waals surface area contributed by atoms with Crippen LogP contribution < -0.4 is 0 Å². The minimum absolute atomic E-state index is 0.182. The second-order valence-electron chi connectivity index (χ2n) is 5.02. The van der Waals surface area contributed by atoms with Crippen LogP contribution in [0.5, 0.6) is 0 Å². The van der Waals surface area contributed by atoms with Crippen LogP contribution in [0.2, 0.25) is 0 Å². The van der Waals surface area contributed by atoms with Gasteiger partial charge in [0.2, 0.25) is 0 Å². The average molecular weight is 252 g/mol. The molecular formula is C18H20O. The molecule has 0 spiro atoms. The van der Waals surface area contributed by atoms with Crippen molar-refractivity contribution < 1.29 is 4.79 Å². The van der Waals surface area contributed by atoms with E-state index >= 15 is 0 Å². The summed E-state index contributed by atoms with van der Waals surface area (Å²) in [6.45, 7) is 4.39. The first-order valence-electron chi connectivity index (χ1n) is 6.87. The molecule has 0 bridgehead atoms. The second kappa shape index (κ2) is 6.33. The molecule has 0 aliphatic carbocycles. The van der Waals surface area contributed by atoms with Gasteiger partial charge in [0.05, 0.1) is 0 Å². The highest BCUT2D eigenvalue weighted by Gasteiger charge is 2.08. The molecule has 0 heterocycles. The maximum Gasteiger partial charge on any atom is 0.167 e. The van der Waals surface area contributed by atoms with Gasteiger partial charge in [-0.15, -0.1) is 0 Å². The molecule has 1 unspecified atom stereocenters. The molecule has 0 aliphatic heterocycles. The van der Waals surface area contributed by atoms with Gasteiger partial charge in [0.25, 0.3) is 0 Å². The summed E-state index contributed by atoms with van der Waals surface area (Å²) < 4.78 is 0. The van der Waals surface area contributed by atoms with Crippen molar-refractivity contribution in [2.75, 3.05) is 0 Å². The van der Waals surface area contributed by atoms with Crippen LogP contribution in [-0.2, 0) is 6.42 Å². The Labute approximate surface area is 115 Å². The van der Waals surface area contributed by atoms with Gasteiger partial charge in [-0.2, -0.15) is 0 Å². The van der Waals surface area contributed by atoms with Crippen LogP contribution >= 0.6 is 0 Å². The highest BCUT2D eigenvalue weighted by molar-refractivity contribution is 5.97. The van der Waals surface area contributed by atoms with E-state index in [0.29, 0.717) is 12.3 Å². The van der Waals surface area contributed by atoms with Gasteiger partial charge in [-0.05, 0) is 23.5 Å². The van der Waals surface area contributed by atoms with E-state index in [-0.39, 0.29) is 5.78 Å². The fourth-order valence-corrected chi connectivity index (χ4v) is 2.12. The van der Waals surface area contributed by atoms with E-state index in [0.717, 1.165) is 17.5 Å². The van der Waals surface area contributed by atoms with Crippen LogP contribution in [0.25, 0.3) is 0 Å². The summed E-state index contributed by atoms with van der Waals surface area (Å²) in [5.41, 5.74) is 3.17. The summed E-state index contributed by atoms with van der Waals surface area (Å²) in [4.78, 5) is 12.2. The lowest BCUT2D eigenvalue weighted by Crippen LogP contribution is -2.03. The number of hydrogen-bond donors (Lipinski definition) is 0. The molecule has 2 aromatic carbocycles. The fraction of sp³-hybridized carbons (Fsp3) is 0.278.